The van der Waals surface area contributed by atoms with Crippen molar-refractivity contribution in [2.24, 2.45) is 0 Å². The monoisotopic (exact) mass is 444 g/mol. The Bertz CT molecular complexity index is 824. The number of nitrogens with one attached hydrogen (secondary N) is 1. The molecule has 1 aromatic heterocycles. The van der Waals surface area contributed by atoms with Crippen LogP contribution in [0.5, 0.6) is 11.5 Å². The van der Waals surface area contributed by atoms with Gasteiger partial charge in [0.15, 0.2) is 18.1 Å². The number of nitrogens with zero attached hydrogens (tertiary/aromatic N) is 1. The Morgan fingerprint density at radius 2 is 2.17 bits per heavy atom. The van der Waals surface area contributed by atoms with Crippen LogP contribution in [-0.4, -0.2) is 50.1 Å². The van der Waals surface area contributed by atoms with E-state index in [1.807, 2.05) is 17.5 Å². The molecule has 2 aromatic rings. The molecule has 0 aliphatic carbocycles. The molecular formula is C20H23F3N2O4S. The summed E-state index contributed by atoms with van der Waals surface area (Å²) >= 11 is 1.54. The van der Waals surface area contributed by atoms with Gasteiger partial charge in [-0.2, -0.15) is 13.2 Å². The Labute approximate surface area is 176 Å². The van der Waals surface area contributed by atoms with Crippen molar-refractivity contribution >= 4 is 23.1 Å². The first kappa shape index (κ1) is 22.2. The van der Waals surface area contributed by atoms with Crippen molar-refractivity contribution in [3.63, 3.8) is 0 Å². The molecule has 1 aliphatic heterocycles. The van der Waals surface area contributed by atoms with Crippen molar-refractivity contribution in [2.75, 3.05) is 32.2 Å². The Morgan fingerprint density at radius 3 is 2.80 bits per heavy atom. The summed E-state index contributed by atoms with van der Waals surface area (Å²) in [7, 11) is 1.33. The van der Waals surface area contributed by atoms with Crippen LogP contribution in [0.3, 0.4) is 0 Å². The molecule has 0 spiro atoms. The third-order valence-electron chi connectivity index (χ3n) is 4.47. The van der Waals surface area contributed by atoms with Gasteiger partial charge in [-0.05, 0) is 36.4 Å². The maximum Gasteiger partial charge on any atom is 0.422 e. The number of carbonyl (C=O) groups is 1. The van der Waals surface area contributed by atoms with Crippen LogP contribution < -0.4 is 14.8 Å². The van der Waals surface area contributed by atoms with Crippen LogP contribution in [-0.2, 0) is 11.3 Å². The predicted octanol–water partition coefficient (Wildman–Crippen LogP) is 4.91. The second-order valence-electron chi connectivity index (χ2n) is 6.79. The molecule has 1 fully saturated rings. The van der Waals surface area contributed by atoms with Crippen LogP contribution >= 0.6 is 11.3 Å². The van der Waals surface area contributed by atoms with Gasteiger partial charge in [0.2, 0.25) is 0 Å². The first-order valence-corrected chi connectivity index (χ1v) is 10.3. The highest BCUT2D eigenvalue weighted by atomic mass is 32.1. The molecule has 1 atom stereocenters. The topological polar surface area (TPSA) is 60.0 Å². The number of benzene rings is 1. The fourth-order valence-corrected chi connectivity index (χ4v) is 3.79. The summed E-state index contributed by atoms with van der Waals surface area (Å²) in [6.07, 6.45) is -2.68. The van der Waals surface area contributed by atoms with E-state index in [4.69, 9.17) is 14.2 Å². The number of halogens is 3. The van der Waals surface area contributed by atoms with Gasteiger partial charge < -0.3 is 24.4 Å². The summed E-state index contributed by atoms with van der Waals surface area (Å²) in [4.78, 5) is 15.6. The summed E-state index contributed by atoms with van der Waals surface area (Å²) < 4.78 is 53.1. The second kappa shape index (κ2) is 10.0. The van der Waals surface area contributed by atoms with Crippen molar-refractivity contribution < 1.29 is 32.2 Å². The highest BCUT2D eigenvalue weighted by Gasteiger charge is 2.29. The van der Waals surface area contributed by atoms with E-state index in [1.54, 1.807) is 22.3 Å². The zero-order valence-electron chi connectivity index (χ0n) is 16.4. The zero-order valence-corrected chi connectivity index (χ0v) is 17.2. The van der Waals surface area contributed by atoms with Crippen LogP contribution in [0.15, 0.2) is 35.7 Å². The Balaban J connectivity index is 1.71. The van der Waals surface area contributed by atoms with Crippen LogP contribution in [0, 0.1) is 0 Å². The maximum atomic E-state index is 12.9. The number of alkyl halides is 3. The summed E-state index contributed by atoms with van der Waals surface area (Å²) in [5, 5.41) is 4.67. The molecule has 0 bridgehead atoms. The third-order valence-corrected chi connectivity index (χ3v) is 5.33. The van der Waals surface area contributed by atoms with E-state index in [0.29, 0.717) is 25.4 Å². The standard InChI is InChI=1S/C20H23F3N2O4S/c1-27-17-7-6-14(10-18(17)29-13-20(21,22)23)24-19(26)25(11-15-4-2-8-28-15)12-16-5-3-9-30-16/h3,5-7,9-10,15H,2,4,8,11-13H2,1H3,(H,24,26). The lowest BCUT2D eigenvalue weighted by Crippen LogP contribution is -2.39. The zero-order chi connectivity index (χ0) is 21.6. The molecule has 1 aromatic carbocycles. The van der Waals surface area contributed by atoms with E-state index in [-0.39, 0.29) is 23.6 Å². The number of methoxy groups -OCH3 is 1. The fraction of sp³-hybridized carbons (Fsp3) is 0.450. The highest BCUT2D eigenvalue weighted by Crippen LogP contribution is 2.32. The SMILES string of the molecule is COc1ccc(NC(=O)N(Cc2cccs2)CC2CCCO2)cc1OCC(F)(F)F. The number of rotatable bonds is 8. The van der Waals surface area contributed by atoms with E-state index >= 15 is 0 Å². The largest absolute Gasteiger partial charge is 0.493 e. The average Bonchev–Trinajstić information content (AvgIpc) is 3.39. The summed E-state index contributed by atoms with van der Waals surface area (Å²) in [6, 6.07) is 7.80. The summed E-state index contributed by atoms with van der Waals surface area (Å²) in [5.41, 5.74) is 0.307. The molecule has 2 heterocycles. The molecule has 1 N–H and O–H groups in total. The predicted molar refractivity (Wildman–Crippen MR) is 107 cm³/mol. The normalized spacial score (nSPS) is 16.3. The lowest BCUT2D eigenvalue weighted by molar-refractivity contribution is -0.153. The number of carbonyl (C=O) groups excluding carboxylic acids is 1. The van der Waals surface area contributed by atoms with Crippen LogP contribution in [0.1, 0.15) is 17.7 Å². The number of ether oxygens (including phenoxy) is 3. The minimum atomic E-state index is -4.48. The van der Waals surface area contributed by atoms with Gasteiger partial charge in [-0.1, -0.05) is 6.07 Å². The third kappa shape index (κ3) is 6.53. The van der Waals surface area contributed by atoms with Crippen LogP contribution in [0.25, 0.3) is 0 Å². The first-order valence-electron chi connectivity index (χ1n) is 9.41. The number of thiophene rings is 1. The van der Waals surface area contributed by atoms with E-state index in [1.165, 1.54) is 19.2 Å². The molecule has 0 saturated carbocycles. The molecular weight excluding hydrogens is 421 g/mol. The number of amides is 2. The fourth-order valence-electron chi connectivity index (χ4n) is 3.07. The minimum absolute atomic E-state index is 0.0303. The van der Waals surface area contributed by atoms with Gasteiger partial charge in [0.1, 0.15) is 0 Å². The van der Waals surface area contributed by atoms with Crippen molar-refractivity contribution in [1.29, 1.82) is 0 Å². The number of urea groups is 1. The number of hydrogen-bond acceptors (Lipinski definition) is 5. The lowest BCUT2D eigenvalue weighted by Gasteiger charge is -2.25. The van der Waals surface area contributed by atoms with Gasteiger partial charge in [-0.15, -0.1) is 11.3 Å². The minimum Gasteiger partial charge on any atom is -0.493 e. The molecule has 1 unspecified atom stereocenters. The smallest absolute Gasteiger partial charge is 0.422 e. The number of anilines is 1. The quantitative estimate of drug-likeness (QED) is 0.629. The lowest BCUT2D eigenvalue weighted by atomic mass is 10.2. The van der Waals surface area contributed by atoms with Gasteiger partial charge in [0, 0.05) is 29.8 Å². The van der Waals surface area contributed by atoms with Gasteiger partial charge in [0.05, 0.1) is 19.8 Å². The highest BCUT2D eigenvalue weighted by molar-refractivity contribution is 7.09. The van der Waals surface area contributed by atoms with Gasteiger partial charge in [-0.25, -0.2) is 4.79 Å². The van der Waals surface area contributed by atoms with Gasteiger partial charge in [-0.3, -0.25) is 0 Å². The van der Waals surface area contributed by atoms with E-state index < -0.39 is 12.8 Å². The summed E-state index contributed by atoms with van der Waals surface area (Å²) in [6.45, 7) is 0.0655. The number of hydrogen-bond donors (Lipinski definition) is 1. The molecule has 3 rings (SSSR count). The maximum absolute atomic E-state index is 12.9. The van der Waals surface area contributed by atoms with Crippen molar-refractivity contribution in [3.05, 3.63) is 40.6 Å². The molecule has 0 radical (unpaired) electrons. The van der Waals surface area contributed by atoms with Gasteiger partial charge in [0.25, 0.3) is 0 Å². The van der Waals surface area contributed by atoms with E-state index in [9.17, 15) is 18.0 Å². The van der Waals surface area contributed by atoms with Crippen molar-refractivity contribution in [2.45, 2.75) is 31.7 Å². The molecule has 2 amide bonds. The average molecular weight is 444 g/mol. The van der Waals surface area contributed by atoms with Crippen molar-refractivity contribution in [3.8, 4) is 11.5 Å². The summed E-state index contributed by atoms with van der Waals surface area (Å²) in [5.74, 6) is 0.0450. The Kier molecular flexibility index (Phi) is 7.43. The molecule has 164 valence electrons. The Hall–Kier alpha value is -2.46. The first-order chi connectivity index (χ1) is 14.3. The Morgan fingerprint density at radius 1 is 1.33 bits per heavy atom. The molecule has 6 nitrogen and oxygen atoms in total. The van der Waals surface area contributed by atoms with Crippen LogP contribution in [0.2, 0.25) is 0 Å². The van der Waals surface area contributed by atoms with E-state index in [0.717, 1.165) is 17.7 Å². The van der Waals surface area contributed by atoms with Gasteiger partial charge >= 0.3 is 12.2 Å². The molecule has 1 saturated heterocycles. The molecule has 30 heavy (non-hydrogen) atoms. The second-order valence-corrected chi connectivity index (χ2v) is 7.83. The van der Waals surface area contributed by atoms with E-state index in [2.05, 4.69) is 5.32 Å². The molecule has 1 aliphatic rings. The van der Waals surface area contributed by atoms with Crippen molar-refractivity contribution in [1.82, 2.24) is 4.90 Å². The van der Waals surface area contributed by atoms with Crippen LogP contribution in [0.4, 0.5) is 23.7 Å². The molecule has 10 heteroatoms.